The first-order valence-corrected chi connectivity index (χ1v) is 15.5. The van der Waals surface area contributed by atoms with Gasteiger partial charge in [-0.3, -0.25) is 9.00 Å². The Hall–Kier alpha value is -3.51. The van der Waals surface area contributed by atoms with Gasteiger partial charge in [-0.1, -0.05) is 38.8 Å². The molecule has 2 aromatic carbocycles. The Morgan fingerprint density at radius 1 is 1.07 bits per heavy atom. The first-order valence-electron chi connectivity index (χ1n) is 14.0. The summed E-state index contributed by atoms with van der Waals surface area (Å²) in [5.74, 6) is 1.37. The third kappa shape index (κ3) is 6.12. The van der Waals surface area contributed by atoms with E-state index in [4.69, 9.17) is 9.40 Å². The zero-order valence-electron chi connectivity index (χ0n) is 22.9. The van der Waals surface area contributed by atoms with Crippen LogP contribution >= 0.6 is 0 Å². The molecule has 9 heteroatoms. The number of carbonyl (C=O) groups excluding carboxylic acids is 1. The van der Waals surface area contributed by atoms with Crippen molar-refractivity contribution < 1.29 is 17.8 Å². The Bertz CT molecular complexity index is 1390. The summed E-state index contributed by atoms with van der Waals surface area (Å²) in [7, 11) is -0.745. The summed E-state index contributed by atoms with van der Waals surface area (Å²) < 4.78 is 31.9. The SMILES string of the molecule is CC(C)C(C#N)NC(=O)C1CCCCC1c1oc(-c2ccc(F)cc2)nc1-c1ccc(N2CCS(=O)CC2)cc1. The van der Waals surface area contributed by atoms with Gasteiger partial charge in [0.1, 0.15) is 23.3 Å². The van der Waals surface area contributed by atoms with E-state index in [1.165, 1.54) is 12.1 Å². The predicted molar refractivity (Wildman–Crippen MR) is 155 cm³/mol. The van der Waals surface area contributed by atoms with Crippen LogP contribution in [0.15, 0.2) is 52.9 Å². The molecule has 0 radical (unpaired) electrons. The van der Waals surface area contributed by atoms with Gasteiger partial charge >= 0.3 is 0 Å². The molecule has 210 valence electrons. The fourth-order valence-electron chi connectivity index (χ4n) is 5.60. The molecule has 1 N–H and O–H groups in total. The minimum Gasteiger partial charge on any atom is -0.440 e. The summed E-state index contributed by atoms with van der Waals surface area (Å²) in [6.07, 6.45) is 3.36. The largest absolute Gasteiger partial charge is 0.440 e. The number of nitriles is 1. The molecule has 0 bridgehead atoms. The van der Waals surface area contributed by atoms with Gasteiger partial charge < -0.3 is 14.6 Å². The van der Waals surface area contributed by atoms with Gasteiger partial charge in [0.25, 0.3) is 0 Å². The molecule has 3 atom stereocenters. The van der Waals surface area contributed by atoms with E-state index in [1.807, 2.05) is 38.1 Å². The molecule has 3 unspecified atom stereocenters. The van der Waals surface area contributed by atoms with Gasteiger partial charge in [-0.15, -0.1) is 0 Å². The van der Waals surface area contributed by atoms with E-state index in [1.54, 1.807) is 12.1 Å². The van der Waals surface area contributed by atoms with E-state index in [2.05, 4.69) is 16.3 Å². The van der Waals surface area contributed by atoms with Crippen LogP contribution in [-0.4, -0.2) is 45.7 Å². The molecule has 1 aromatic heterocycles. The highest BCUT2D eigenvalue weighted by molar-refractivity contribution is 7.85. The smallest absolute Gasteiger partial charge is 0.226 e. The number of hydrogen-bond donors (Lipinski definition) is 1. The van der Waals surface area contributed by atoms with Gasteiger partial charge in [0, 0.05) is 64.0 Å². The Morgan fingerprint density at radius 3 is 2.38 bits per heavy atom. The van der Waals surface area contributed by atoms with Crippen molar-refractivity contribution >= 4 is 22.4 Å². The number of carbonyl (C=O) groups is 1. The molecule has 2 heterocycles. The summed E-state index contributed by atoms with van der Waals surface area (Å²) in [6, 6.07) is 15.8. The summed E-state index contributed by atoms with van der Waals surface area (Å²) in [6.45, 7) is 5.36. The number of aromatic nitrogens is 1. The van der Waals surface area contributed by atoms with Crippen LogP contribution in [0.1, 0.15) is 51.2 Å². The van der Waals surface area contributed by atoms with Crippen LogP contribution in [0.2, 0.25) is 0 Å². The van der Waals surface area contributed by atoms with Crippen LogP contribution in [0, 0.1) is 29.0 Å². The second-order valence-corrected chi connectivity index (χ2v) is 12.7. The van der Waals surface area contributed by atoms with E-state index >= 15 is 0 Å². The maximum Gasteiger partial charge on any atom is 0.226 e. The van der Waals surface area contributed by atoms with Crippen molar-refractivity contribution in [1.29, 1.82) is 5.26 Å². The van der Waals surface area contributed by atoms with Crippen molar-refractivity contribution in [2.45, 2.75) is 51.5 Å². The molecule has 2 fully saturated rings. The molecular weight excluding hydrogens is 527 g/mol. The number of rotatable bonds is 7. The molecule has 2 aliphatic rings. The maximum absolute atomic E-state index is 13.6. The second-order valence-electron chi connectivity index (χ2n) is 11.0. The van der Waals surface area contributed by atoms with E-state index in [0.717, 1.165) is 43.6 Å². The van der Waals surface area contributed by atoms with Crippen LogP contribution in [0.5, 0.6) is 0 Å². The fourth-order valence-corrected chi connectivity index (χ4v) is 6.65. The number of oxazole rings is 1. The quantitative estimate of drug-likeness (QED) is 0.399. The zero-order valence-corrected chi connectivity index (χ0v) is 23.8. The Labute approximate surface area is 237 Å². The molecule has 5 rings (SSSR count). The molecule has 1 aliphatic heterocycles. The number of halogens is 1. The van der Waals surface area contributed by atoms with Gasteiger partial charge in [0.15, 0.2) is 0 Å². The third-order valence-electron chi connectivity index (χ3n) is 7.97. The molecular formula is C31H35FN4O3S. The van der Waals surface area contributed by atoms with Crippen LogP contribution in [0.25, 0.3) is 22.7 Å². The van der Waals surface area contributed by atoms with Crippen molar-refractivity contribution in [3.8, 4) is 28.8 Å². The van der Waals surface area contributed by atoms with Crippen molar-refractivity contribution in [3.05, 3.63) is 60.1 Å². The first kappa shape index (κ1) is 28.0. The zero-order chi connectivity index (χ0) is 28.2. The lowest BCUT2D eigenvalue weighted by atomic mass is 9.76. The number of nitrogens with zero attached hydrogens (tertiary/aromatic N) is 3. The Morgan fingerprint density at radius 2 is 1.73 bits per heavy atom. The van der Waals surface area contributed by atoms with Gasteiger partial charge in [-0.25, -0.2) is 9.37 Å². The summed E-state index contributed by atoms with van der Waals surface area (Å²) in [4.78, 5) is 20.6. The predicted octanol–water partition coefficient (Wildman–Crippen LogP) is 5.65. The van der Waals surface area contributed by atoms with Crippen molar-refractivity contribution in [2.75, 3.05) is 29.5 Å². The van der Waals surface area contributed by atoms with E-state index in [9.17, 15) is 18.7 Å². The van der Waals surface area contributed by atoms with E-state index < -0.39 is 16.8 Å². The van der Waals surface area contributed by atoms with Crippen LogP contribution in [-0.2, 0) is 15.6 Å². The van der Waals surface area contributed by atoms with Gasteiger partial charge in [0.05, 0.1) is 6.07 Å². The minimum absolute atomic E-state index is 0.000300. The highest BCUT2D eigenvalue weighted by Gasteiger charge is 2.37. The second kappa shape index (κ2) is 12.3. The number of amides is 1. The van der Waals surface area contributed by atoms with E-state index in [0.29, 0.717) is 40.8 Å². The standard InChI is InChI=1S/C31H35FN4O3S/c1-20(2)27(19-33)34-30(37)26-6-4-3-5-25(26)29-28(35-31(39-29)22-7-11-23(32)12-8-22)21-9-13-24(14-10-21)36-15-17-40(38)18-16-36/h7-14,20,25-27H,3-6,15-18H2,1-2H3,(H,34,37). The molecule has 3 aromatic rings. The number of nitrogens with one attached hydrogen (secondary N) is 1. The minimum atomic E-state index is -0.745. The average molecular weight is 563 g/mol. The molecule has 40 heavy (non-hydrogen) atoms. The molecule has 1 amide bonds. The first-order chi connectivity index (χ1) is 19.3. The Kier molecular flexibility index (Phi) is 8.65. The van der Waals surface area contributed by atoms with Crippen molar-refractivity contribution in [1.82, 2.24) is 10.3 Å². The highest BCUT2D eigenvalue weighted by Crippen LogP contribution is 2.44. The number of anilines is 1. The Balaban J connectivity index is 1.50. The molecule has 1 aliphatic carbocycles. The topological polar surface area (TPSA) is 99.2 Å². The van der Waals surface area contributed by atoms with Gasteiger partial charge in [0.2, 0.25) is 11.8 Å². The summed E-state index contributed by atoms with van der Waals surface area (Å²) >= 11 is 0. The molecule has 7 nitrogen and oxygen atoms in total. The normalized spacial score (nSPS) is 20.7. The fraction of sp³-hybridized carbons (Fsp3) is 0.452. The maximum atomic E-state index is 13.6. The van der Waals surface area contributed by atoms with Crippen LogP contribution in [0.4, 0.5) is 10.1 Å². The lowest BCUT2D eigenvalue weighted by molar-refractivity contribution is -0.127. The lowest BCUT2D eigenvalue weighted by Gasteiger charge is -2.31. The van der Waals surface area contributed by atoms with Crippen LogP contribution < -0.4 is 10.2 Å². The summed E-state index contributed by atoms with van der Waals surface area (Å²) in [5.41, 5.74) is 3.28. The lowest BCUT2D eigenvalue weighted by Crippen LogP contribution is -2.43. The average Bonchev–Trinajstić information content (AvgIpc) is 3.42. The number of hydrogen-bond acceptors (Lipinski definition) is 6. The van der Waals surface area contributed by atoms with Crippen LogP contribution in [0.3, 0.4) is 0 Å². The molecule has 1 saturated heterocycles. The monoisotopic (exact) mass is 562 g/mol. The highest BCUT2D eigenvalue weighted by atomic mass is 32.2. The van der Waals surface area contributed by atoms with E-state index in [-0.39, 0.29) is 29.5 Å². The van der Waals surface area contributed by atoms with Crippen molar-refractivity contribution in [2.24, 2.45) is 11.8 Å². The third-order valence-corrected chi connectivity index (χ3v) is 9.25. The van der Waals surface area contributed by atoms with Gasteiger partial charge in [-0.2, -0.15) is 5.26 Å². The van der Waals surface area contributed by atoms with Crippen molar-refractivity contribution in [3.63, 3.8) is 0 Å². The van der Waals surface area contributed by atoms with Gasteiger partial charge in [-0.05, 0) is 55.2 Å². The summed E-state index contributed by atoms with van der Waals surface area (Å²) in [5, 5.41) is 12.5. The molecule has 0 spiro atoms. The molecule has 1 saturated carbocycles. The number of benzene rings is 2.